The minimum atomic E-state index is -0.661. The highest BCUT2D eigenvalue weighted by Gasteiger charge is 2.32. The Bertz CT molecular complexity index is 463. The number of aliphatic hydroxyl groups is 1. The molecule has 1 aromatic heterocycles. The molecule has 1 aliphatic heterocycles. The molecule has 1 amide bonds. The predicted molar refractivity (Wildman–Crippen MR) is 70.5 cm³/mol. The molecule has 104 valence electrons. The number of fused-ring (bicyclic) bond motifs is 1. The Hall–Kier alpha value is -1.36. The third kappa shape index (κ3) is 2.66. The minimum Gasteiger partial charge on any atom is -0.388 e. The fourth-order valence-corrected chi connectivity index (χ4v) is 3.20. The molecule has 1 fully saturated rings. The van der Waals surface area contributed by atoms with Gasteiger partial charge in [0.25, 0.3) is 0 Å². The zero-order valence-electron chi connectivity index (χ0n) is 11.1. The number of amides is 1. The van der Waals surface area contributed by atoms with Crippen molar-refractivity contribution < 1.29 is 9.90 Å². The van der Waals surface area contributed by atoms with E-state index < -0.39 is 5.60 Å². The van der Waals surface area contributed by atoms with Gasteiger partial charge in [0.2, 0.25) is 5.91 Å². The Morgan fingerprint density at radius 1 is 1.53 bits per heavy atom. The Labute approximate surface area is 113 Å². The largest absolute Gasteiger partial charge is 0.388 e. The first-order valence-electron chi connectivity index (χ1n) is 7.15. The number of carbonyl (C=O) groups excluding carboxylic acids is 1. The van der Waals surface area contributed by atoms with Gasteiger partial charge in [-0.05, 0) is 19.3 Å². The minimum absolute atomic E-state index is 0.0224. The predicted octanol–water partition coefficient (Wildman–Crippen LogP) is 0.867. The number of aromatic nitrogens is 2. The van der Waals surface area contributed by atoms with Crippen molar-refractivity contribution >= 4 is 5.91 Å². The van der Waals surface area contributed by atoms with Gasteiger partial charge in [-0.15, -0.1) is 0 Å². The molecular formula is C14H21N3O2. The van der Waals surface area contributed by atoms with Gasteiger partial charge in [-0.25, -0.2) is 4.98 Å². The Balaban J connectivity index is 1.54. The lowest BCUT2D eigenvalue weighted by molar-refractivity contribution is -0.126. The molecule has 19 heavy (non-hydrogen) atoms. The van der Waals surface area contributed by atoms with Crippen molar-refractivity contribution in [3.05, 3.63) is 18.2 Å². The van der Waals surface area contributed by atoms with E-state index in [-0.39, 0.29) is 11.8 Å². The number of nitrogens with one attached hydrogen (secondary N) is 1. The van der Waals surface area contributed by atoms with Crippen LogP contribution in [0.15, 0.2) is 12.5 Å². The van der Waals surface area contributed by atoms with Gasteiger partial charge in [0.15, 0.2) is 0 Å². The van der Waals surface area contributed by atoms with Gasteiger partial charge >= 0.3 is 0 Å². The summed E-state index contributed by atoms with van der Waals surface area (Å²) in [4.78, 5) is 16.3. The first kappa shape index (κ1) is 12.7. The maximum Gasteiger partial charge on any atom is 0.223 e. The highest BCUT2D eigenvalue weighted by molar-refractivity contribution is 5.79. The smallest absolute Gasteiger partial charge is 0.223 e. The van der Waals surface area contributed by atoms with E-state index in [0.717, 1.165) is 50.8 Å². The van der Waals surface area contributed by atoms with Crippen molar-refractivity contribution in [3.8, 4) is 0 Å². The number of carbonyl (C=O) groups is 1. The van der Waals surface area contributed by atoms with E-state index in [2.05, 4.69) is 14.9 Å². The molecule has 0 aromatic carbocycles. The summed E-state index contributed by atoms with van der Waals surface area (Å²) in [7, 11) is 0. The second kappa shape index (κ2) is 4.96. The fourth-order valence-electron chi connectivity index (χ4n) is 3.20. The Morgan fingerprint density at radius 2 is 2.32 bits per heavy atom. The average molecular weight is 263 g/mol. The van der Waals surface area contributed by atoms with Crippen molar-refractivity contribution in [1.82, 2.24) is 14.9 Å². The van der Waals surface area contributed by atoms with Gasteiger partial charge in [-0.2, -0.15) is 0 Å². The third-order valence-corrected chi connectivity index (χ3v) is 4.47. The van der Waals surface area contributed by atoms with Crippen LogP contribution in [0.5, 0.6) is 0 Å². The fraction of sp³-hybridized carbons (Fsp3) is 0.714. The number of nitrogens with zero attached hydrogens (tertiary/aromatic N) is 2. The second-order valence-electron chi connectivity index (χ2n) is 5.92. The van der Waals surface area contributed by atoms with E-state index in [4.69, 9.17) is 0 Å². The van der Waals surface area contributed by atoms with Crippen molar-refractivity contribution in [2.24, 2.45) is 5.92 Å². The van der Waals surface area contributed by atoms with E-state index in [1.54, 1.807) is 0 Å². The summed E-state index contributed by atoms with van der Waals surface area (Å²) < 4.78 is 2.11. The number of imidazole rings is 1. The molecule has 0 saturated heterocycles. The van der Waals surface area contributed by atoms with Gasteiger partial charge in [0, 0.05) is 37.3 Å². The second-order valence-corrected chi connectivity index (χ2v) is 5.92. The molecule has 1 atom stereocenters. The lowest BCUT2D eigenvalue weighted by Crippen LogP contribution is -2.44. The molecule has 0 radical (unpaired) electrons. The number of hydrogen-bond acceptors (Lipinski definition) is 3. The first-order valence-corrected chi connectivity index (χ1v) is 7.15. The van der Waals surface area contributed by atoms with E-state index in [1.807, 2.05) is 12.5 Å². The van der Waals surface area contributed by atoms with E-state index >= 15 is 0 Å². The van der Waals surface area contributed by atoms with Crippen LogP contribution in [-0.4, -0.2) is 32.7 Å². The SMILES string of the molecule is O=C(NCC1(O)CCCC1)C1CCn2cncc2C1. The molecule has 2 heterocycles. The van der Waals surface area contributed by atoms with Crippen molar-refractivity contribution in [3.63, 3.8) is 0 Å². The average Bonchev–Trinajstić information content (AvgIpc) is 3.04. The summed E-state index contributed by atoms with van der Waals surface area (Å²) >= 11 is 0. The van der Waals surface area contributed by atoms with Crippen LogP contribution in [0.4, 0.5) is 0 Å². The molecule has 1 aromatic rings. The van der Waals surface area contributed by atoms with Crippen molar-refractivity contribution in [1.29, 1.82) is 0 Å². The maximum atomic E-state index is 12.2. The molecule has 0 spiro atoms. The Morgan fingerprint density at radius 3 is 3.11 bits per heavy atom. The standard InChI is InChI=1S/C14H21N3O2/c18-13(16-9-14(19)4-1-2-5-14)11-3-6-17-10-15-8-12(17)7-11/h8,10-11,19H,1-7,9H2,(H,16,18). The number of aryl methyl sites for hydroxylation is 1. The quantitative estimate of drug-likeness (QED) is 0.850. The lowest BCUT2D eigenvalue weighted by atomic mass is 9.94. The Kier molecular flexibility index (Phi) is 3.31. The number of hydrogen-bond donors (Lipinski definition) is 2. The van der Waals surface area contributed by atoms with Gasteiger partial charge in [-0.1, -0.05) is 12.8 Å². The monoisotopic (exact) mass is 263 g/mol. The van der Waals surface area contributed by atoms with E-state index in [0.29, 0.717) is 6.54 Å². The molecule has 2 aliphatic rings. The number of rotatable bonds is 3. The summed E-state index contributed by atoms with van der Waals surface area (Å²) in [5, 5.41) is 13.2. The summed E-state index contributed by atoms with van der Waals surface area (Å²) in [6, 6.07) is 0. The lowest BCUT2D eigenvalue weighted by Gasteiger charge is -2.26. The molecular weight excluding hydrogens is 242 g/mol. The normalized spacial score (nSPS) is 25.0. The van der Waals surface area contributed by atoms with Crippen molar-refractivity contribution in [2.75, 3.05) is 6.54 Å². The van der Waals surface area contributed by atoms with Crippen LogP contribution in [0.25, 0.3) is 0 Å². The van der Waals surface area contributed by atoms with Crippen LogP contribution in [0.3, 0.4) is 0 Å². The van der Waals surface area contributed by atoms with Gasteiger partial charge in [0.05, 0.1) is 11.9 Å². The zero-order valence-corrected chi connectivity index (χ0v) is 11.1. The van der Waals surface area contributed by atoms with E-state index in [9.17, 15) is 9.90 Å². The summed E-state index contributed by atoms with van der Waals surface area (Å²) in [6.07, 6.45) is 9.02. The van der Waals surface area contributed by atoms with Crippen molar-refractivity contribution in [2.45, 2.75) is 50.7 Å². The first-order chi connectivity index (χ1) is 9.16. The maximum absolute atomic E-state index is 12.2. The van der Waals surface area contributed by atoms with Crippen LogP contribution in [0.2, 0.25) is 0 Å². The topological polar surface area (TPSA) is 67.2 Å². The summed E-state index contributed by atoms with van der Waals surface area (Å²) in [6.45, 7) is 1.26. The summed E-state index contributed by atoms with van der Waals surface area (Å²) in [5.41, 5.74) is 0.470. The van der Waals surface area contributed by atoms with Crippen LogP contribution in [0.1, 0.15) is 37.8 Å². The summed E-state index contributed by atoms with van der Waals surface area (Å²) in [5.74, 6) is 0.0991. The van der Waals surface area contributed by atoms with Crippen LogP contribution in [-0.2, 0) is 17.8 Å². The van der Waals surface area contributed by atoms with Crippen LogP contribution in [0, 0.1) is 5.92 Å². The molecule has 0 bridgehead atoms. The zero-order chi connectivity index (χ0) is 13.3. The highest BCUT2D eigenvalue weighted by atomic mass is 16.3. The third-order valence-electron chi connectivity index (χ3n) is 4.47. The van der Waals surface area contributed by atoms with Gasteiger partial charge in [-0.3, -0.25) is 4.79 Å². The molecule has 1 unspecified atom stereocenters. The van der Waals surface area contributed by atoms with Gasteiger partial charge in [0.1, 0.15) is 0 Å². The molecule has 5 nitrogen and oxygen atoms in total. The molecule has 1 saturated carbocycles. The van der Waals surface area contributed by atoms with Crippen LogP contribution < -0.4 is 5.32 Å². The molecule has 1 aliphatic carbocycles. The highest BCUT2D eigenvalue weighted by Crippen LogP contribution is 2.29. The van der Waals surface area contributed by atoms with Crippen LogP contribution >= 0.6 is 0 Å². The molecule has 5 heteroatoms. The van der Waals surface area contributed by atoms with E-state index in [1.165, 1.54) is 0 Å². The molecule has 3 rings (SSSR count). The van der Waals surface area contributed by atoms with Gasteiger partial charge < -0.3 is 15.0 Å². The molecule has 2 N–H and O–H groups in total.